The first-order valence-corrected chi connectivity index (χ1v) is 12.6. The largest absolute Gasteiger partial charge is 0.470 e. The standard InChI is InChI=1S/C24H25BrClN3O3S/c1-15-9-20(11-17-10-18(25)12-27-21(15)17)32-23(33-4)22(30)29-24(2,3)14-28-31-13-16-5-7-19(26)8-6-16/h5-12,14,23H,13H2,1-4H3,(H,29,30). The second kappa shape index (κ2) is 11.2. The van der Waals surface area contributed by atoms with Gasteiger partial charge in [-0.2, -0.15) is 0 Å². The summed E-state index contributed by atoms with van der Waals surface area (Å²) in [4.78, 5) is 22.7. The molecule has 1 heterocycles. The Balaban J connectivity index is 1.61. The van der Waals surface area contributed by atoms with Gasteiger partial charge in [0.2, 0.25) is 5.44 Å². The number of hydrogen-bond donors (Lipinski definition) is 1. The first-order valence-electron chi connectivity index (χ1n) is 10.2. The van der Waals surface area contributed by atoms with Crippen LogP contribution in [0, 0.1) is 6.92 Å². The summed E-state index contributed by atoms with van der Waals surface area (Å²) in [7, 11) is 0. The minimum atomic E-state index is -0.734. The van der Waals surface area contributed by atoms with Gasteiger partial charge in [0.1, 0.15) is 12.4 Å². The number of aryl methyl sites for hydroxylation is 1. The topological polar surface area (TPSA) is 72.8 Å². The third-order valence-electron chi connectivity index (χ3n) is 4.62. The van der Waals surface area contributed by atoms with Crippen LogP contribution in [0.25, 0.3) is 10.9 Å². The van der Waals surface area contributed by atoms with Gasteiger partial charge in [-0.25, -0.2) is 0 Å². The van der Waals surface area contributed by atoms with Gasteiger partial charge in [-0.05, 0) is 84.4 Å². The Kier molecular flexibility index (Phi) is 8.62. The van der Waals surface area contributed by atoms with E-state index in [4.69, 9.17) is 21.2 Å². The molecular formula is C24H25BrClN3O3S. The van der Waals surface area contributed by atoms with Gasteiger partial charge in [0.15, 0.2) is 0 Å². The average Bonchev–Trinajstić information content (AvgIpc) is 2.75. The number of hydrogen-bond acceptors (Lipinski definition) is 6. The summed E-state index contributed by atoms with van der Waals surface area (Å²) in [6, 6.07) is 13.1. The molecule has 33 heavy (non-hydrogen) atoms. The van der Waals surface area contributed by atoms with Crippen molar-refractivity contribution in [2.24, 2.45) is 5.16 Å². The third-order valence-corrected chi connectivity index (χ3v) is 6.05. The molecule has 3 aromatic rings. The van der Waals surface area contributed by atoms with Crippen molar-refractivity contribution in [3.8, 4) is 5.75 Å². The van der Waals surface area contributed by atoms with Gasteiger partial charge in [0.05, 0.1) is 17.3 Å². The number of benzene rings is 2. The van der Waals surface area contributed by atoms with Crippen LogP contribution in [0.5, 0.6) is 5.75 Å². The van der Waals surface area contributed by atoms with Gasteiger partial charge in [-0.1, -0.05) is 28.9 Å². The van der Waals surface area contributed by atoms with Crippen molar-refractivity contribution in [3.63, 3.8) is 0 Å². The number of nitrogens with zero attached hydrogens (tertiary/aromatic N) is 2. The van der Waals surface area contributed by atoms with Gasteiger partial charge < -0.3 is 14.9 Å². The van der Waals surface area contributed by atoms with Crippen LogP contribution in [0.15, 0.2) is 58.3 Å². The molecule has 1 amide bonds. The number of aromatic nitrogens is 1. The van der Waals surface area contributed by atoms with Crippen LogP contribution in [-0.4, -0.2) is 34.3 Å². The van der Waals surface area contributed by atoms with Gasteiger partial charge in [-0.3, -0.25) is 9.78 Å². The molecule has 0 bridgehead atoms. The fourth-order valence-corrected chi connectivity index (χ4v) is 4.00. The summed E-state index contributed by atoms with van der Waals surface area (Å²) in [5.41, 5.74) is 1.35. The van der Waals surface area contributed by atoms with E-state index in [1.54, 1.807) is 24.5 Å². The quantitative estimate of drug-likeness (QED) is 0.197. The van der Waals surface area contributed by atoms with Crippen molar-refractivity contribution in [2.45, 2.75) is 38.4 Å². The Bertz CT molecular complexity index is 1160. The fraction of sp³-hybridized carbons (Fsp3) is 0.292. The summed E-state index contributed by atoms with van der Waals surface area (Å²) in [5, 5.41) is 8.55. The minimum absolute atomic E-state index is 0.262. The number of amides is 1. The molecule has 0 spiro atoms. The summed E-state index contributed by atoms with van der Waals surface area (Å²) < 4.78 is 6.89. The lowest BCUT2D eigenvalue weighted by molar-refractivity contribution is -0.125. The van der Waals surface area contributed by atoms with E-state index in [2.05, 4.69) is 31.4 Å². The van der Waals surface area contributed by atoms with Crippen molar-refractivity contribution in [3.05, 3.63) is 69.3 Å². The number of ether oxygens (including phenoxy) is 1. The molecule has 1 atom stereocenters. The van der Waals surface area contributed by atoms with Crippen LogP contribution in [0.2, 0.25) is 5.02 Å². The number of pyridine rings is 1. The molecule has 0 radical (unpaired) electrons. The van der Waals surface area contributed by atoms with E-state index >= 15 is 0 Å². The highest BCUT2D eigenvalue weighted by Crippen LogP contribution is 2.27. The van der Waals surface area contributed by atoms with E-state index in [1.165, 1.54) is 11.8 Å². The lowest BCUT2D eigenvalue weighted by Crippen LogP contribution is -2.49. The zero-order chi connectivity index (χ0) is 24.0. The van der Waals surface area contributed by atoms with E-state index in [0.29, 0.717) is 17.4 Å². The molecule has 0 aliphatic rings. The number of nitrogens with one attached hydrogen (secondary N) is 1. The zero-order valence-electron chi connectivity index (χ0n) is 18.8. The number of rotatable bonds is 9. The van der Waals surface area contributed by atoms with E-state index < -0.39 is 11.0 Å². The minimum Gasteiger partial charge on any atom is -0.470 e. The average molecular weight is 551 g/mol. The van der Waals surface area contributed by atoms with Gasteiger partial charge in [0, 0.05) is 21.1 Å². The highest BCUT2D eigenvalue weighted by molar-refractivity contribution is 9.10. The summed E-state index contributed by atoms with van der Waals surface area (Å²) in [5.74, 6) is 0.342. The monoisotopic (exact) mass is 549 g/mol. The Morgan fingerprint density at radius 2 is 2.03 bits per heavy atom. The molecule has 1 N–H and O–H groups in total. The van der Waals surface area contributed by atoms with Gasteiger partial charge in [-0.15, -0.1) is 11.8 Å². The summed E-state index contributed by atoms with van der Waals surface area (Å²) in [6.45, 7) is 5.94. The van der Waals surface area contributed by atoms with Crippen molar-refractivity contribution in [1.29, 1.82) is 0 Å². The van der Waals surface area contributed by atoms with Crippen LogP contribution in [0.4, 0.5) is 0 Å². The smallest absolute Gasteiger partial charge is 0.272 e. The maximum Gasteiger partial charge on any atom is 0.272 e. The summed E-state index contributed by atoms with van der Waals surface area (Å²) >= 11 is 10.6. The number of halogens is 2. The van der Waals surface area contributed by atoms with Crippen LogP contribution >= 0.6 is 39.3 Å². The Labute approximate surface area is 211 Å². The molecule has 2 aromatic carbocycles. The number of fused-ring (bicyclic) bond motifs is 1. The van der Waals surface area contributed by atoms with E-state index in [-0.39, 0.29) is 5.91 Å². The second-order valence-electron chi connectivity index (χ2n) is 8.00. The molecular weight excluding hydrogens is 526 g/mol. The van der Waals surface area contributed by atoms with Crippen molar-refractivity contribution in [1.82, 2.24) is 10.3 Å². The number of oxime groups is 1. The molecule has 3 rings (SSSR count). The number of thioether (sulfide) groups is 1. The number of carbonyl (C=O) groups excluding carboxylic acids is 1. The SMILES string of the molecule is CSC(Oc1cc(C)c2ncc(Br)cc2c1)C(=O)NC(C)(C)C=NOCc1ccc(Cl)cc1. The molecule has 9 heteroatoms. The maximum absolute atomic E-state index is 12.9. The lowest BCUT2D eigenvalue weighted by Gasteiger charge is -2.25. The first-order chi connectivity index (χ1) is 15.7. The molecule has 1 unspecified atom stereocenters. The van der Waals surface area contributed by atoms with Crippen LogP contribution in [0.1, 0.15) is 25.0 Å². The molecule has 0 aliphatic heterocycles. The molecule has 0 fully saturated rings. The second-order valence-corrected chi connectivity index (χ2v) is 10.2. The van der Waals surface area contributed by atoms with Gasteiger partial charge >= 0.3 is 0 Å². The maximum atomic E-state index is 12.9. The predicted molar refractivity (Wildman–Crippen MR) is 139 cm³/mol. The van der Waals surface area contributed by atoms with Crippen LogP contribution in [-0.2, 0) is 16.2 Å². The Morgan fingerprint density at radius 3 is 2.73 bits per heavy atom. The lowest BCUT2D eigenvalue weighted by atomic mass is 10.1. The van der Waals surface area contributed by atoms with Crippen molar-refractivity contribution in [2.75, 3.05) is 6.26 Å². The van der Waals surface area contributed by atoms with Crippen molar-refractivity contribution < 1.29 is 14.4 Å². The third kappa shape index (κ3) is 7.35. The molecule has 6 nitrogen and oxygen atoms in total. The molecule has 0 aliphatic carbocycles. The molecule has 174 valence electrons. The Hall–Kier alpha value is -2.29. The number of carbonyl (C=O) groups is 1. The first kappa shape index (κ1) is 25.3. The van der Waals surface area contributed by atoms with E-state index in [0.717, 1.165) is 26.5 Å². The summed E-state index contributed by atoms with van der Waals surface area (Å²) in [6.07, 6.45) is 5.14. The molecule has 0 saturated heterocycles. The predicted octanol–water partition coefficient (Wildman–Crippen LogP) is 6.12. The fourth-order valence-electron chi connectivity index (χ4n) is 3.04. The normalized spacial score (nSPS) is 12.7. The van der Waals surface area contributed by atoms with Crippen molar-refractivity contribution >= 4 is 62.3 Å². The molecule has 1 aromatic heterocycles. The zero-order valence-corrected chi connectivity index (χ0v) is 21.9. The van der Waals surface area contributed by atoms with Gasteiger partial charge in [0.25, 0.3) is 5.91 Å². The highest BCUT2D eigenvalue weighted by atomic mass is 79.9. The van der Waals surface area contributed by atoms with E-state index in [1.807, 2.05) is 57.4 Å². The van der Waals surface area contributed by atoms with Crippen LogP contribution < -0.4 is 10.1 Å². The highest BCUT2D eigenvalue weighted by Gasteiger charge is 2.26. The Morgan fingerprint density at radius 1 is 1.30 bits per heavy atom. The van der Waals surface area contributed by atoms with E-state index in [9.17, 15) is 4.79 Å². The van der Waals surface area contributed by atoms with Crippen LogP contribution in [0.3, 0.4) is 0 Å². The molecule has 0 saturated carbocycles.